The van der Waals surface area contributed by atoms with Gasteiger partial charge < -0.3 is 19.9 Å². The summed E-state index contributed by atoms with van der Waals surface area (Å²) >= 11 is 0. The average molecular weight is 281 g/mol. The first-order valence-electron chi connectivity index (χ1n) is 7.17. The fourth-order valence-electron chi connectivity index (χ4n) is 2.29. The molecule has 1 unspecified atom stereocenters. The zero-order valence-electron chi connectivity index (χ0n) is 13.0. The third kappa shape index (κ3) is 5.35. The predicted molar refractivity (Wildman–Crippen MR) is 80.6 cm³/mol. The number of amides is 1. The van der Waals surface area contributed by atoms with E-state index in [1.807, 2.05) is 24.0 Å². The number of methoxy groups -OCH3 is 1. The highest BCUT2D eigenvalue weighted by Crippen LogP contribution is 2.21. The summed E-state index contributed by atoms with van der Waals surface area (Å²) in [6.45, 7) is 6.06. The van der Waals surface area contributed by atoms with Crippen molar-refractivity contribution in [1.82, 2.24) is 15.2 Å². The number of rotatable bonds is 9. The molecule has 1 heterocycles. The van der Waals surface area contributed by atoms with Crippen molar-refractivity contribution >= 4 is 5.91 Å². The second-order valence-electron chi connectivity index (χ2n) is 5.32. The van der Waals surface area contributed by atoms with Gasteiger partial charge in [0.2, 0.25) is 5.91 Å². The lowest BCUT2D eigenvalue weighted by Crippen LogP contribution is -2.28. The van der Waals surface area contributed by atoms with Crippen LogP contribution in [0.25, 0.3) is 0 Å². The molecular weight excluding hydrogens is 254 g/mol. The Balaban J connectivity index is 2.45. The Labute approximate surface area is 121 Å². The molecule has 1 atom stereocenters. The van der Waals surface area contributed by atoms with E-state index in [2.05, 4.69) is 30.5 Å². The summed E-state index contributed by atoms with van der Waals surface area (Å²) in [5.41, 5.74) is 1.22. The second-order valence-corrected chi connectivity index (χ2v) is 5.32. The number of ether oxygens (including phenoxy) is 1. The standard InChI is InChI=1S/C15H27N3O2/c1-12(2)15(16-3)13-6-8-18(10-13)11-14(19)17-7-5-9-20-4/h6,8,10,12,15-16H,5,7,9,11H2,1-4H3,(H,17,19). The van der Waals surface area contributed by atoms with Crippen molar-refractivity contribution < 1.29 is 9.53 Å². The zero-order chi connectivity index (χ0) is 15.0. The molecule has 0 aliphatic rings. The Hall–Kier alpha value is -1.33. The quantitative estimate of drug-likeness (QED) is 0.675. The highest BCUT2D eigenvalue weighted by atomic mass is 16.5. The minimum Gasteiger partial charge on any atom is -0.385 e. The molecule has 0 bridgehead atoms. The van der Waals surface area contributed by atoms with Gasteiger partial charge in [0, 0.05) is 38.7 Å². The summed E-state index contributed by atoms with van der Waals surface area (Å²) in [6.07, 6.45) is 4.83. The summed E-state index contributed by atoms with van der Waals surface area (Å²) in [4.78, 5) is 11.8. The molecule has 0 aromatic carbocycles. The number of aromatic nitrogens is 1. The first-order chi connectivity index (χ1) is 9.58. The SMILES string of the molecule is CNC(c1ccn(CC(=O)NCCCOC)c1)C(C)C. The van der Waals surface area contributed by atoms with Gasteiger partial charge in [-0.05, 0) is 31.0 Å². The van der Waals surface area contributed by atoms with E-state index in [9.17, 15) is 4.79 Å². The second kappa shape index (κ2) is 8.76. The Morgan fingerprint density at radius 2 is 2.20 bits per heavy atom. The molecule has 1 aromatic rings. The first kappa shape index (κ1) is 16.7. The molecule has 2 N–H and O–H groups in total. The molecule has 0 aliphatic heterocycles. The Morgan fingerprint density at radius 3 is 2.80 bits per heavy atom. The summed E-state index contributed by atoms with van der Waals surface area (Å²) in [7, 11) is 3.63. The van der Waals surface area contributed by atoms with Crippen LogP contribution in [0.3, 0.4) is 0 Å². The van der Waals surface area contributed by atoms with Crippen LogP contribution in [0.5, 0.6) is 0 Å². The average Bonchev–Trinajstić information content (AvgIpc) is 2.83. The van der Waals surface area contributed by atoms with Crippen molar-refractivity contribution in [2.24, 2.45) is 5.92 Å². The van der Waals surface area contributed by atoms with Crippen LogP contribution in [-0.2, 0) is 16.1 Å². The van der Waals surface area contributed by atoms with Crippen LogP contribution in [0.15, 0.2) is 18.5 Å². The van der Waals surface area contributed by atoms with Gasteiger partial charge in [-0.1, -0.05) is 13.8 Å². The van der Waals surface area contributed by atoms with Gasteiger partial charge in [-0.25, -0.2) is 0 Å². The van der Waals surface area contributed by atoms with E-state index in [1.54, 1.807) is 7.11 Å². The fourth-order valence-corrected chi connectivity index (χ4v) is 2.29. The van der Waals surface area contributed by atoms with Gasteiger partial charge in [0.05, 0.1) is 0 Å². The van der Waals surface area contributed by atoms with Gasteiger partial charge in [-0.15, -0.1) is 0 Å². The van der Waals surface area contributed by atoms with Gasteiger partial charge in [0.1, 0.15) is 6.54 Å². The molecule has 5 nitrogen and oxygen atoms in total. The van der Waals surface area contributed by atoms with Crippen molar-refractivity contribution in [2.45, 2.75) is 32.9 Å². The molecule has 5 heteroatoms. The molecule has 0 fully saturated rings. The van der Waals surface area contributed by atoms with Crippen LogP contribution < -0.4 is 10.6 Å². The largest absolute Gasteiger partial charge is 0.385 e. The third-order valence-electron chi connectivity index (χ3n) is 3.28. The maximum absolute atomic E-state index is 11.8. The molecule has 1 rings (SSSR count). The zero-order valence-corrected chi connectivity index (χ0v) is 13.0. The number of hydrogen-bond acceptors (Lipinski definition) is 3. The van der Waals surface area contributed by atoms with Crippen LogP contribution in [0.2, 0.25) is 0 Å². The van der Waals surface area contributed by atoms with Crippen molar-refractivity contribution in [3.05, 3.63) is 24.0 Å². The summed E-state index contributed by atoms with van der Waals surface area (Å²) in [5.74, 6) is 0.549. The molecule has 20 heavy (non-hydrogen) atoms. The van der Waals surface area contributed by atoms with E-state index in [4.69, 9.17) is 4.74 Å². The Kier molecular flexibility index (Phi) is 7.33. The molecule has 1 amide bonds. The van der Waals surface area contributed by atoms with E-state index in [0.717, 1.165) is 6.42 Å². The molecule has 1 aromatic heterocycles. The number of nitrogens with one attached hydrogen (secondary N) is 2. The Morgan fingerprint density at radius 1 is 1.45 bits per heavy atom. The van der Waals surface area contributed by atoms with Gasteiger partial charge in [-0.3, -0.25) is 4.79 Å². The fraction of sp³-hybridized carbons (Fsp3) is 0.667. The summed E-state index contributed by atoms with van der Waals surface area (Å²) < 4.78 is 6.87. The molecule has 114 valence electrons. The van der Waals surface area contributed by atoms with Gasteiger partial charge in [0.25, 0.3) is 0 Å². The van der Waals surface area contributed by atoms with Crippen molar-refractivity contribution in [1.29, 1.82) is 0 Å². The molecule has 0 radical (unpaired) electrons. The monoisotopic (exact) mass is 281 g/mol. The van der Waals surface area contributed by atoms with Gasteiger partial charge in [-0.2, -0.15) is 0 Å². The van der Waals surface area contributed by atoms with Crippen LogP contribution >= 0.6 is 0 Å². The maximum Gasteiger partial charge on any atom is 0.239 e. The van der Waals surface area contributed by atoms with Crippen LogP contribution in [-0.4, -0.2) is 37.8 Å². The van der Waals surface area contributed by atoms with Crippen LogP contribution in [0.1, 0.15) is 31.9 Å². The highest BCUT2D eigenvalue weighted by Gasteiger charge is 2.14. The first-order valence-corrected chi connectivity index (χ1v) is 7.17. The van der Waals surface area contributed by atoms with E-state index >= 15 is 0 Å². The van der Waals surface area contributed by atoms with Crippen LogP contribution in [0, 0.1) is 5.92 Å². The Bertz CT molecular complexity index is 402. The topological polar surface area (TPSA) is 55.3 Å². The van der Waals surface area contributed by atoms with Gasteiger partial charge in [0.15, 0.2) is 0 Å². The summed E-state index contributed by atoms with van der Waals surface area (Å²) in [5, 5.41) is 6.19. The number of hydrogen-bond donors (Lipinski definition) is 2. The number of carbonyl (C=O) groups is 1. The lowest BCUT2D eigenvalue weighted by Gasteiger charge is -2.18. The molecular formula is C15H27N3O2. The molecule has 0 aliphatic carbocycles. The smallest absolute Gasteiger partial charge is 0.239 e. The molecule has 0 spiro atoms. The maximum atomic E-state index is 11.8. The van der Waals surface area contributed by atoms with E-state index in [1.165, 1.54) is 5.56 Å². The van der Waals surface area contributed by atoms with Crippen molar-refractivity contribution in [3.63, 3.8) is 0 Å². The number of nitrogens with zero attached hydrogens (tertiary/aromatic N) is 1. The van der Waals surface area contributed by atoms with Crippen LogP contribution in [0.4, 0.5) is 0 Å². The molecule has 0 saturated heterocycles. The minimum atomic E-state index is 0.0359. The lowest BCUT2D eigenvalue weighted by atomic mass is 9.99. The molecule has 0 saturated carbocycles. The van der Waals surface area contributed by atoms with Crippen molar-refractivity contribution in [2.75, 3.05) is 27.3 Å². The van der Waals surface area contributed by atoms with E-state index < -0.39 is 0 Å². The van der Waals surface area contributed by atoms with E-state index in [0.29, 0.717) is 31.7 Å². The minimum absolute atomic E-state index is 0.0359. The lowest BCUT2D eigenvalue weighted by molar-refractivity contribution is -0.121. The highest BCUT2D eigenvalue weighted by molar-refractivity contribution is 5.75. The van der Waals surface area contributed by atoms with Gasteiger partial charge >= 0.3 is 0 Å². The third-order valence-corrected chi connectivity index (χ3v) is 3.28. The number of carbonyl (C=O) groups excluding carboxylic acids is 1. The normalized spacial score (nSPS) is 12.7. The predicted octanol–water partition coefficient (Wildman–Crippen LogP) is 1.56. The van der Waals surface area contributed by atoms with Crippen molar-refractivity contribution in [3.8, 4) is 0 Å². The summed E-state index contributed by atoms with van der Waals surface area (Å²) in [6, 6.07) is 2.39. The van der Waals surface area contributed by atoms with E-state index in [-0.39, 0.29) is 5.91 Å².